The maximum absolute atomic E-state index is 5.72. The molecule has 0 bridgehead atoms. The van der Waals surface area contributed by atoms with Crippen molar-refractivity contribution in [3.63, 3.8) is 0 Å². The topological polar surface area (TPSA) is 0 Å². The van der Waals surface area contributed by atoms with Crippen LogP contribution < -0.4 is 0 Å². The molecule has 0 aromatic carbocycles. The zero-order valence-electron chi connectivity index (χ0n) is 5.04. The van der Waals surface area contributed by atoms with E-state index < -0.39 is 0 Å². The zero-order valence-corrected chi connectivity index (χ0v) is 12.1. The normalized spacial score (nSPS) is 20.1. The molecule has 3 atom stereocenters. The molecule has 0 aromatic heterocycles. The molecule has 3 unspecified atom stereocenters. The van der Waals surface area contributed by atoms with E-state index in [9.17, 15) is 0 Å². The molecule has 0 heterocycles. The second-order valence-electron chi connectivity index (χ2n) is 1.81. The van der Waals surface area contributed by atoms with Gasteiger partial charge in [-0.1, -0.05) is 63.7 Å². The molecule has 62 valence electrons. The van der Waals surface area contributed by atoms with Crippen LogP contribution in [0.3, 0.4) is 0 Å². The number of rotatable bonds is 4. The standard InChI is InChI=1S/C5H7Br4Cl/c6-2-4(8)3(7)1-5(9)10/h3-5H,1-2H2. The number of alkyl halides is 5. The van der Waals surface area contributed by atoms with Gasteiger partial charge >= 0.3 is 0 Å². The Bertz CT molecular complexity index is 87.7. The molecule has 0 N–H and O–H groups in total. The van der Waals surface area contributed by atoms with Gasteiger partial charge in [-0.2, -0.15) is 0 Å². The Hall–Kier alpha value is 2.21. The fourth-order valence-electron chi connectivity index (χ4n) is 0.415. The molecular weight excluding hydrogens is 415 g/mol. The van der Waals surface area contributed by atoms with E-state index in [1.165, 1.54) is 0 Å². The van der Waals surface area contributed by atoms with E-state index in [-0.39, 0.29) is 4.29 Å². The number of hydrogen-bond donors (Lipinski definition) is 0. The monoisotopic (exact) mass is 418 g/mol. The van der Waals surface area contributed by atoms with Gasteiger partial charge in [0.1, 0.15) is 0 Å². The third kappa shape index (κ3) is 5.81. The molecule has 0 nitrogen and oxygen atoms in total. The molecule has 0 amide bonds. The van der Waals surface area contributed by atoms with E-state index in [1.54, 1.807) is 0 Å². The molecule has 0 rings (SSSR count). The van der Waals surface area contributed by atoms with E-state index in [0.717, 1.165) is 11.8 Å². The summed E-state index contributed by atoms with van der Waals surface area (Å²) >= 11 is 19.4. The Balaban J connectivity index is 3.50. The maximum atomic E-state index is 5.72. The average Bonchev–Trinajstić information content (AvgIpc) is 1.85. The quantitative estimate of drug-likeness (QED) is 0.595. The van der Waals surface area contributed by atoms with Gasteiger partial charge in [0.05, 0.1) is 4.29 Å². The van der Waals surface area contributed by atoms with Crippen molar-refractivity contribution < 1.29 is 0 Å². The lowest BCUT2D eigenvalue weighted by atomic mass is 10.3. The van der Waals surface area contributed by atoms with Crippen molar-refractivity contribution in [2.24, 2.45) is 0 Å². The molecular formula is C5H7Br4Cl. The maximum Gasteiger partial charge on any atom is 0.0897 e. The van der Waals surface area contributed by atoms with Gasteiger partial charge in [-0.25, -0.2) is 0 Å². The smallest absolute Gasteiger partial charge is 0.0897 e. The zero-order chi connectivity index (χ0) is 8.15. The van der Waals surface area contributed by atoms with Crippen molar-refractivity contribution in [3.05, 3.63) is 0 Å². The van der Waals surface area contributed by atoms with Gasteiger partial charge < -0.3 is 0 Å². The molecule has 0 aromatic rings. The van der Waals surface area contributed by atoms with Gasteiger partial charge in [0, 0.05) is 15.0 Å². The Kier molecular flexibility index (Phi) is 8.18. The molecule has 0 aliphatic carbocycles. The SMILES string of the molecule is ClC(Br)CC(Br)C(Br)CBr. The first-order chi connectivity index (χ1) is 4.57. The van der Waals surface area contributed by atoms with Crippen LogP contribution in [0.4, 0.5) is 0 Å². The summed E-state index contributed by atoms with van der Waals surface area (Å²) in [7, 11) is 0. The Labute approximate surface area is 100.0 Å². The van der Waals surface area contributed by atoms with E-state index in [0.29, 0.717) is 9.65 Å². The minimum absolute atomic E-state index is 0.0518. The molecule has 5 heteroatoms. The lowest BCUT2D eigenvalue weighted by Crippen LogP contribution is -2.17. The summed E-state index contributed by atoms with van der Waals surface area (Å²) in [5.74, 6) is 0. The van der Waals surface area contributed by atoms with Crippen LogP contribution in [-0.2, 0) is 0 Å². The van der Waals surface area contributed by atoms with Gasteiger partial charge in [0.15, 0.2) is 0 Å². The van der Waals surface area contributed by atoms with Gasteiger partial charge in [-0.3, -0.25) is 0 Å². The first kappa shape index (κ1) is 12.2. The van der Waals surface area contributed by atoms with E-state index in [1.807, 2.05) is 0 Å². The van der Waals surface area contributed by atoms with Gasteiger partial charge in [0.25, 0.3) is 0 Å². The molecule has 0 radical (unpaired) electrons. The lowest BCUT2D eigenvalue weighted by molar-refractivity contribution is 0.830. The van der Waals surface area contributed by atoms with E-state index >= 15 is 0 Å². The van der Waals surface area contributed by atoms with Crippen LogP contribution in [0.1, 0.15) is 6.42 Å². The molecule has 10 heavy (non-hydrogen) atoms. The fraction of sp³-hybridized carbons (Fsp3) is 1.00. The minimum Gasteiger partial charge on any atom is -0.110 e. The summed E-state index contributed by atoms with van der Waals surface area (Å²) in [4.78, 5) is 0.847. The van der Waals surface area contributed by atoms with Crippen LogP contribution in [0, 0.1) is 0 Å². The molecule has 0 aliphatic heterocycles. The highest BCUT2D eigenvalue weighted by atomic mass is 79.9. The van der Waals surface area contributed by atoms with Crippen LogP contribution in [0.15, 0.2) is 0 Å². The molecule has 0 aliphatic rings. The van der Waals surface area contributed by atoms with Crippen molar-refractivity contribution in [1.82, 2.24) is 0 Å². The van der Waals surface area contributed by atoms with Crippen molar-refractivity contribution in [2.75, 3.05) is 5.33 Å². The van der Waals surface area contributed by atoms with Crippen molar-refractivity contribution >= 4 is 75.3 Å². The average molecular weight is 422 g/mol. The predicted octanol–water partition coefficient (Wildman–Crippen LogP) is 4.26. The van der Waals surface area contributed by atoms with Crippen LogP contribution in [-0.4, -0.2) is 19.3 Å². The largest absolute Gasteiger partial charge is 0.110 e. The van der Waals surface area contributed by atoms with Crippen LogP contribution in [0.25, 0.3) is 0 Å². The fourth-order valence-corrected chi connectivity index (χ4v) is 3.46. The highest BCUT2D eigenvalue weighted by Crippen LogP contribution is 2.25. The van der Waals surface area contributed by atoms with Crippen LogP contribution >= 0.6 is 75.3 Å². The molecule has 0 saturated carbocycles. The van der Waals surface area contributed by atoms with Crippen molar-refractivity contribution in [1.29, 1.82) is 0 Å². The highest BCUT2D eigenvalue weighted by molar-refractivity contribution is 9.13. The Morgan fingerprint density at radius 1 is 1.10 bits per heavy atom. The highest BCUT2D eigenvalue weighted by Gasteiger charge is 2.16. The number of halogens is 5. The number of hydrogen-bond acceptors (Lipinski definition) is 0. The molecule has 0 spiro atoms. The Morgan fingerprint density at radius 3 is 1.90 bits per heavy atom. The summed E-state index contributed by atoms with van der Waals surface area (Å²) in [5.41, 5.74) is 0. The van der Waals surface area contributed by atoms with Crippen LogP contribution in [0.2, 0.25) is 0 Å². The molecule has 0 fully saturated rings. The Morgan fingerprint density at radius 2 is 1.60 bits per heavy atom. The molecule has 0 saturated heterocycles. The predicted molar refractivity (Wildman–Crippen MR) is 62.4 cm³/mol. The lowest BCUT2D eigenvalue weighted by Gasteiger charge is -2.14. The van der Waals surface area contributed by atoms with Crippen LogP contribution in [0.5, 0.6) is 0 Å². The second kappa shape index (κ2) is 6.70. The second-order valence-corrected chi connectivity index (χ2v) is 6.97. The van der Waals surface area contributed by atoms with E-state index in [2.05, 4.69) is 63.7 Å². The van der Waals surface area contributed by atoms with Gasteiger partial charge in [0.2, 0.25) is 0 Å². The van der Waals surface area contributed by atoms with Gasteiger partial charge in [-0.15, -0.1) is 11.6 Å². The first-order valence-electron chi connectivity index (χ1n) is 2.70. The summed E-state index contributed by atoms with van der Waals surface area (Å²) in [6, 6.07) is 0. The van der Waals surface area contributed by atoms with Crippen molar-refractivity contribution in [2.45, 2.75) is 20.4 Å². The third-order valence-corrected chi connectivity index (χ3v) is 5.74. The third-order valence-electron chi connectivity index (χ3n) is 0.943. The van der Waals surface area contributed by atoms with Gasteiger partial charge in [-0.05, 0) is 6.42 Å². The van der Waals surface area contributed by atoms with E-state index in [4.69, 9.17) is 11.6 Å². The summed E-state index contributed by atoms with van der Waals surface area (Å²) in [5, 5.41) is 0.930. The first-order valence-corrected chi connectivity index (χ1v) is 7.00. The minimum atomic E-state index is 0.0518. The summed E-state index contributed by atoms with van der Waals surface area (Å²) in [6.45, 7) is 0. The van der Waals surface area contributed by atoms with Crippen molar-refractivity contribution in [3.8, 4) is 0 Å². The summed E-state index contributed by atoms with van der Waals surface area (Å²) in [6.07, 6.45) is 0.906. The summed E-state index contributed by atoms with van der Waals surface area (Å²) < 4.78 is 0.0518.